The molecule has 0 unspecified atom stereocenters. The van der Waals surface area contributed by atoms with Gasteiger partial charge in [-0.1, -0.05) is 0 Å². The Labute approximate surface area is 103 Å². The van der Waals surface area contributed by atoms with Crippen molar-refractivity contribution >= 4 is 45.5 Å². The van der Waals surface area contributed by atoms with Gasteiger partial charge in [0.2, 0.25) is 0 Å². The van der Waals surface area contributed by atoms with Gasteiger partial charge in [0.15, 0.2) is 0 Å². The molecule has 4 heavy (non-hydrogen) atoms. The van der Waals surface area contributed by atoms with Crippen molar-refractivity contribution in [3.8, 4) is 0 Å². The molecule has 0 aliphatic rings. The van der Waals surface area contributed by atoms with Crippen molar-refractivity contribution in [1.82, 2.24) is 0 Å². The third-order valence-corrected chi connectivity index (χ3v) is 0. The number of hydrogen-bond donors (Lipinski definition) is 1. The van der Waals surface area contributed by atoms with Crippen molar-refractivity contribution in [2.45, 2.75) is 0 Å². The summed E-state index contributed by atoms with van der Waals surface area (Å²) < 4.78 is 6.69. The second kappa shape index (κ2) is 16.3. The molecule has 0 aliphatic carbocycles. The van der Waals surface area contributed by atoms with Crippen LogP contribution in [-0.4, -0.2) is 49.7 Å². The molecule has 0 saturated heterocycles. The van der Waals surface area contributed by atoms with Gasteiger partial charge in [0, 0.05) is 39.9 Å². The van der Waals surface area contributed by atoms with Crippen molar-refractivity contribution in [2.24, 2.45) is 0 Å². The Morgan fingerprint density at radius 2 is 1.25 bits per heavy atom. The zero-order valence-electron chi connectivity index (χ0n) is 1.13. The first-order valence-corrected chi connectivity index (χ1v) is 0.615. The van der Waals surface area contributed by atoms with E-state index in [1.165, 1.54) is 0 Å². The van der Waals surface area contributed by atoms with E-state index in [9.17, 15) is 0 Å². The van der Waals surface area contributed by atoms with E-state index in [-0.39, 0.29) is 85.4 Å². The summed E-state index contributed by atoms with van der Waals surface area (Å²) in [6.45, 7) is 0. The SMILES string of the molecule is [Gd].[OH][Co].[SrH2]. The summed E-state index contributed by atoms with van der Waals surface area (Å²) >= 11 is 2.56. The van der Waals surface area contributed by atoms with Crippen LogP contribution in [0.4, 0.5) is 0 Å². The van der Waals surface area contributed by atoms with Gasteiger partial charge in [-0.3, -0.25) is 0 Å². The van der Waals surface area contributed by atoms with Gasteiger partial charge in [0.1, 0.15) is 0 Å². The molecule has 4 heteroatoms. The summed E-state index contributed by atoms with van der Waals surface area (Å²) in [4.78, 5) is 0. The molecule has 28 valence electrons. The summed E-state index contributed by atoms with van der Waals surface area (Å²) in [6.07, 6.45) is 0. The van der Waals surface area contributed by atoms with Gasteiger partial charge < -0.3 is 0 Å². The van der Waals surface area contributed by atoms with Crippen LogP contribution in [0.1, 0.15) is 0 Å². The van der Waals surface area contributed by atoms with Gasteiger partial charge in [0.05, 0.1) is 0 Å². The van der Waals surface area contributed by atoms with Crippen molar-refractivity contribution < 1.29 is 60.2 Å². The van der Waals surface area contributed by atoms with Gasteiger partial charge in [-0.2, -0.15) is 0 Å². The molecule has 0 radical (unpaired) electrons. The molecule has 0 aromatic rings. The Balaban J connectivity index is -0.00000000500. The fourth-order valence-electron chi connectivity index (χ4n) is 0. The molecule has 0 heterocycles. The molecular weight excluding hydrogens is 320 g/mol. The minimum absolute atomic E-state index is 0. The molecule has 0 aliphatic heterocycles. The van der Waals surface area contributed by atoms with Crippen LogP contribution >= 0.6 is 0 Å². The van der Waals surface area contributed by atoms with E-state index in [2.05, 4.69) is 16.1 Å². The van der Waals surface area contributed by atoms with E-state index < -0.39 is 0 Å². The summed E-state index contributed by atoms with van der Waals surface area (Å²) in [5.74, 6) is 0. The van der Waals surface area contributed by atoms with Crippen LogP contribution in [0.5, 0.6) is 0 Å². The average molecular weight is 323 g/mol. The second-order valence-electron chi connectivity index (χ2n) is 0. The monoisotopic (exact) mass is 324 g/mol. The first-order valence-electron chi connectivity index (χ1n) is 0.149. The predicted octanol–water partition coefficient (Wildman–Crippen LogP) is -1.48. The standard InChI is InChI=1S/Co.Gd.H2O.Sr.2H/h;;1H2;;;/q+1;;;;;/p-1. The minimum atomic E-state index is 0. The third-order valence-electron chi connectivity index (χ3n) is 0. The van der Waals surface area contributed by atoms with E-state index in [1.807, 2.05) is 0 Å². The van der Waals surface area contributed by atoms with Crippen molar-refractivity contribution in [2.75, 3.05) is 0 Å². The quantitative estimate of drug-likeness (QED) is 0.540. The average Bonchev–Trinajstić information content (AvgIpc) is 1.00. The fourth-order valence-corrected chi connectivity index (χ4v) is 0. The van der Waals surface area contributed by atoms with E-state index in [1.54, 1.807) is 0 Å². The molecule has 1 nitrogen and oxygen atoms in total. The predicted molar refractivity (Wildman–Crippen MR) is 10.8 cm³/mol. The molecule has 0 bridgehead atoms. The number of rotatable bonds is 0. The Kier molecular flexibility index (Phi) is 63.8. The van der Waals surface area contributed by atoms with Crippen molar-refractivity contribution in [3.63, 3.8) is 0 Å². The Hall–Kier alpha value is 3.27. The third kappa shape index (κ3) is 8.99. The number of hydrogen-bond acceptors (Lipinski definition) is 1. The van der Waals surface area contributed by atoms with Gasteiger partial charge in [-0.15, -0.1) is 0 Å². The van der Waals surface area contributed by atoms with E-state index in [0.29, 0.717) is 0 Å². The summed E-state index contributed by atoms with van der Waals surface area (Å²) in [5, 5.41) is 0. The van der Waals surface area contributed by atoms with Crippen LogP contribution in [0.15, 0.2) is 0 Å². The maximum absolute atomic E-state index is 6.69. The zero-order valence-corrected chi connectivity index (χ0v) is 4.44. The van der Waals surface area contributed by atoms with Crippen LogP contribution in [0, 0.1) is 39.9 Å². The van der Waals surface area contributed by atoms with Crippen LogP contribution in [0.2, 0.25) is 0 Å². The molecule has 0 atom stereocenters. The Morgan fingerprint density at radius 3 is 1.25 bits per heavy atom. The van der Waals surface area contributed by atoms with Gasteiger partial charge in [-0.25, -0.2) is 0 Å². The summed E-state index contributed by atoms with van der Waals surface area (Å²) in [6, 6.07) is 0. The van der Waals surface area contributed by atoms with Crippen LogP contribution in [-0.2, 0) is 16.1 Å². The first kappa shape index (κ1) is 15.7. The topological polar surface area (TPSA) is 20.2 Å². The zero-order chi connectivity index (χ0) is 2.00. The summed E-state index contributed by atoms with van der Waals surface area (Å²) in [7, 11) is 0. The van der Waals surface area contributed by atoms with Crippen LogP contribution < -0.4 is 0 Å². The molecule has 0 amide bonds. The molecule has 1 N–H and O–H groups in total. The van der Waals surface area contributed by atoms with Crippen molar-refractivity contribution in [3.05, 3.63) is 0 Å². The molecule has 0 saturated carbocycles. The fraction of sp³-hybridized carbons (Fsp3) is 0. The Morgan fingerprint density at radius 1 is 1.25 bits per heavy atom. The van der Waals surface area contributed by atoms with Crippen molar-refractivity contribution in [1.29, 1.82) is 0 Å². The second-order valence-corrected chi connectivity index (χ2v) is 0. The normalized spacial score (nSPS) is 1.75. The molecule has 0 fully saturated rings. The van der Waals surface area contributed by atoms with Gasteiger partial charge >= 0.3 is 65.8 Å². The molecule has 0 aromatic carbocycles. The van der Waals surface area contributed by atoms with Crippen LogP contribution in [0.3, 0.4) is 0 Å². The molecule has 0 spiro atoms. The van der Waals surface area contributed by atoms with E-state index >= 15 is 0 Å². The van der Waals surface area contributed by atoms with E-state index in [0.717, 1.165) is 0 Å². The van der Waals surface area contributed by atoms with Crippen LogP contribution in [0.25, 0.3) is 0 Å². The van der Waals surface area contributed by atoms with Gasteiger partial charge in [-0.05, 0) is 0 Å². The van der Waals surface area contributed by atoms with E-state index in [4.69, 9.17) is 4.22 Å². The summed E-state index contributed by atoms with van der Waals surface area (Å²) in [5.41, 5.74) is 0. The Bertz CT molecular complexity index is 8.00. The molecule has 0 rings (SSSR count). The maximum atomic E-state index is 6.69. The van der Waals surface area contributed by atoms with Gasteiger partial charge in [0.25, 0.3) is 0 Å². The first-order chi connectivity index (χ1) is 1.00. The molecule has 0 aromatic heterocycles. The molecular formula is H3CoGdOSr.